The topological polar surface area (TPSA) is 17.1 Å². The van der Waals surface area contributed by atoms with Crippen molar-refractivity contribution in [2.24, 2.45) is 0 Å². The molecule has 0 aromatic rings. The molecule has 0 N–H and O–H groups in total. The van der Waals surface area contributed by atoms with E-state index in [9.17, 15) is 4.79 Å². The van der Waals surface area contributed by atoms with Gasteiger partial charge in [-0.3, -0.25) is 4.79 Å². The van der Waals surface area contributed by atoms with Gasteiger partial charge in [-0.25, -0.2) is 0 Å². The summed E-state index contributed by atoms with van der Waals surface area (Å²) in [6, 6.07) is 0. The molecule has 0 bridgehead atoms. The van der Waals surface area contributed by atoms with Crippen molar-refractivity contribution in [2.45, 2.75) is 96.8 Å². The average molecular weight is 333 g/mol. The van der Waals surface area contributed by atoms with Gasteiger partial charge in [-0.1, -0.05) is 99.9 Å². The zero-order chi connectivity index (χ0) is 14.2. The molecule has 0 spiro atoms. The molecular formula is C17H33BrO. The maximum Gasteiger partial charge on any atom is 0.143 e. The molecule has 0 aliphatic carbocycles. The highest BCUT2D eigenvalue weighted by Crippen LogP contribution is 2.13. The molecule has 2 heteroatoms. The molecule has 1 nitrogen and oxygen atoms in total. The summed E-state index contributed by atoms with van der Waals surface area (Å²) in [7, 11) is 0. The fraction of sp³-hybridized carbons (Fsp3) is 0.941. The third kappa shape index (κ3) is 16.1. The molecule has 0 aliphatic rings. The van der Waals surface area contributed by atoms with Gasteiger partial charge in [0.15, 0.2) is 0 Å². The standard InChI is InChI=1S/C17H33BrO/c1-2-3-4-5-6-7-8-9-10-11-12-13-14-15-17(19)16-18/h2-16H2,1H3. The quantitative estimate of drug-likeness (QED) is 0.249. The van der Waals surface area contributed by atoms with Crippen molar-refractivity contribution in [3.05, 3.63) is 0 Å². The van der Waals surface area contributed by atoms with Gasteiger partial charge in [0.1, 0.15) is 5.78 Å². The number of rotatable bonds is 15. The molecule has 0 fully saturated rings. The minimum atomic E-state index is 0.350. The Morgan fingerprint density at radius 1 is 0.684 bits per heavy atom. The van der Waals surface area contributed by atoms with Gasteiger partial charge >= 0.3 is 0 Å². The Morgan fingerprint density at radius 2 is 1.05 bits per heavy atom. The molecular weight excluding hydrogens is 300 g/mol. The molecule has 0 saturated carbocycles. The molecule has 0 atom stereocenters. The Balaban J connectivity index is 2.97. The monoisotopic (exact) mass is 332 g/mol. The van der Waals surface area contributed by atoms with Gasteiger partial charge < -0.3 is 0 Å². The largest absolute Gasteiger partial charge is 0.299 e. The smallest absolute Gasteiger partial charge is 0.143 e. The van der Waals surface area contributed by atoms with Gasteiger partial charge in [0.25, 0.3) is 0 Å². The van der Waals surface area contributed by atoms with Gasteiger partial charge in [-0.15, -0.1) is 0 Å². The van der Waals surface area contributed by atoms with Crippen LogP contribution >= 0.6 is 15.9 Å². The maximum atomic E-state index is 11.1. The van der Waals surface area contributed by atoms with E-state index in [-0.39, 0.29) is 0 Å². The van der Waals surface area contributed by atoms with Crippen molar-refractivity contribution >= 4 is 21.7 Å². The van der Waals surface area contributed by atoms with Gasteiger partial charge in [0.2, 0.25) is 0 Å². The summed E-state index contributed by atoms with van der Waals surface area (Å²) in [5.74, 6) is 0.350. The van der Waals surface area contributed by atoms with Crippen LogP contribution in [0.2, 0.25) is 0 Å². The molecule has 0 unspecified atom stereocenters. The van der Waals surface area contributed by atoms with Crippen molar-refractivity contribution in [2.75, 3.05) is 5.33 Å². The number of carbonyl (C=O) groups is 1. The molecule has 0 aromatic carbocycles. The predicted molar refractivity (Wildman–Crippen MR) is 89.1 cm³/mol. The number of unbranched alkanes of at least 4 members (excludes halogenated alkanes) is 12. The summed E-state index contributed by atoms with van der Waals surface area (Å²) >= 11 is 3.20. The summed E-state index contributed by atoms with van der Waals surface area (Å²) in [5.41, 5.74) is 0. The SMILES string of the molecule is CCCCCCCCCCCCCCCC(=O)CBr. The van der Waals surface area contributed by atoms with Crippen molar-refractivity contribution < 1.29 is 4.79 Å². The lowest BCUT2D eigenvalue weighted by Gasteiger charge is -2.02. The molecule has 0 rings (SSSR count). The lowest BCUT2D eigenvalue weighted by atomic mass is 10.0. The number of Topliss-reactive ketones (excluding diaryl/α,β-unsaturated/α-hetero) is 1. The first-order chi connectivity index (χ1) is 9.31. The lowest BCUT2D eigenvalue weighted by molar-refractivity contribution is -0.116. The van der Waals surface area contributed by atoms with Gasteiger partial charge in [0, 0.05) is 6.42 Å². The number of hydrogen-bond acceptors (Lipinski definition) is 1. The van der Waals surface area contributed by atoms with Crippen LogP contribution < -0.4 is 0 Å². The van der Waals surface area contributed by atoms with Crippen molar-refractivity contribution in [3.8, 4) is 0 Å². The highest BCUT2D eigenvalue weighted by molar-refractivity contribution is 9.09. The second kappa shape index (κ2) is 16.2. The fourth-order valence-electron chi connectivity index (χ4n) is 2.41. The maximum absolute atomic E-state index is 11.1. The Morgan fingerprint density at radius 3 is 1.42 bits per heavy atom. The third-order valence-electron chi connectivity index (χ3n) is 3.71. The second-order valence-electron chi connectivity index (χ2n) is 5.66. The first-order valence-corrected chi connectivity index (χ1v) is 9.51. The van der Waals surface area contributed by atoms with Crippen LogP contribution in [-0.2, 0) is 4.79 Å². The first kappa shape index (κ1) is 19.1. The second-order valence-corrected chi connectivity index (χ2v) is 6.23. The summed E-state index contributed by atoms with van der Waals surface area (Å²) in [6.45, 7) is 2.27. The number of carbonyl (C=O) groups excluding carboxylic acids is 1. The summed E-state index contributed by atoms with van der Waals surface area (Å²) in [4.78, 5) is 11.1. The van der Waals surface area contributed by atoms with E-state index in [1.165, 1.54) is 77.0 Å². The van der Waals surface area contributed by atoms with Crippen LogP contribution in [0.25, 0.3) is 0 Å². The molecule has 0 amide bonds. The average Bonchev–Trinajstić information content (AvgIpc) is 2.43. The summed E-state index contributed by atoms with van der Waals surface area (Å²) < 4.78 is 0. The zero-order valence-electron chi connectivity index (χ0n) is 12.9. The van der Waals surface area contributed by atoms with Crippen LogP contribution in [0.4, 0.5) is 0 Å². The zero-order valence-corrected chi connectivity index (χ0v) is 14.5. The van der Waals surface area contributed by atoms with Crippen LogP contribution in [-0.4, -0.2) is 11.1 Å². The van der Waals surface area contributed by atoms with Crippen molar-refractivity contribution in [1.29, 1.82) is 0 Å². The highest BCUT2D eigenvalue weighted by atomic mass is 79.9. The fourth-order valence-corrected chi connectivity index (χ4v) is 2.69. The molecule has 0 saturated heterocycles. The Labute approximate surface area is 129 Å². The Hall–Kier alpha value is 0.150. The summed E-state index contributed by atoms with van der Waals surface area (Å²) in [6.07, 6.45) is 18.5. The van der Waals surface area contributed by atoms with E-state index in [2.05, 4.69) is 22.9 Å². The molecule has 114 valence electrons. The van der Waals surface area contributed by atoms with Crippen LogP contribution in [0.5, 0.6) is 0 Å². The first-order valence-electron chi connectivity index (χ1n) is 8.39. The van der Waals surface area contributed by atoms with Gasteiger partial charge in [-0.05, 0) is 6.42 Å². The number of hydrogen-bond donors (Lipinski definition) is 0. The van der Waals surface area contributed by atoms with E-state index >= 15 is 0 Å². The van der Waals surface area contributed by atoms with Crippen LogP contribution in [0.15, 0.2) is 0 Å². The lowest BCUT2D eigenvalue weighted by Crippen LogP contribution is -1.97. The van der Waals surface area contributed by atoms with Crippen molar-refractivity contribution in [1.82, 2.24) is 0 Å². The van der Waals surface area contributed by atoms with E-state index in [0.29, 0.717) is 11.1 Å². The molecule has 19 heavy (non-hydrogen) atoms. The minimum Gasteiger partial charge on any atom is -0.299 e. The van der Waals surface area contributed by atoms with E-state index < -0.39 is 0 Å². The van der Waals surface area contributed by atoms with Crippen LogP contribution in [0.3, 0.4) is 0 Å². The van der Waals surface area contributed by atoms with E-state index in [1.807, 2.05) is 0 Å². The van der Waals surface area contributed by atoms with Gasteiger partial charge in [0.05, 0.1) is 5.33 Å². The van der Waals surface area contributed by atoms with Gasteiger partial charge in [-0.2, -0.15) is 0 Å². The molecule has 0 heterocycles. The Bertz CT molecular complexity index is 192. The van der Waals surface area contributed by atoms with Crippen LogP contribution in [0.1, 0.15) is 96.8 Å². The number of halogens is 1. The molecule has 0 radical (unpaired) electrons. The normalized spacial score (nSPS) is 10.8. The third-order valence-corrected chi connectivity index (χ3v) is 4.33. The van der Waals surface area contributed by atoms with E-state index in [1.54, 1.807) is 0 Å². The van der Waals surface area contributed by atoms with Crippen LogP contribution in [0, 0.1) is 0 Å². The summed E-state index contributed by atoms with van der Waals surface area (Å²) in [5, 5.41) is 0.533. The number of alkyl halides is 1. The molecule has 0 aliphatic heterocycles. The molecule has 0 aromatic heterocycles. The minimum absolute atomic E-state index is 0.350. The Kier molecular flexibility index (Phi) is 16.3. The highest BCUT2D eigenvalue weighted by Gasteiger charge is 1.98. The van der Waals surface area contributed by atoms with E-state index in [4.69, 9.17) is 0 Å². The van der Waals surface area contributed by atoms with E-state index in [0.717, 1.165) is 12.8 Å². The van der Waals surface area contributed by atoms with Crippen molar-refractivity contribution in [3.63, 3.8) is 0 Å². The number of ketones is 1. The predicted octanol–water partition coefficient (Wildman–Crippen LogP) is 6.43.